The molecule has 4 N–H and O–H groups in total. The van der Waals surface area contributed by atoms with Gasteiger partial charge in [0, 0.05) is 23.1 Å². The molecule has 1 amide bonds. The largest absolute Gasteiger partial charge is 0.446 e. The van der Waals surface area contributed by atoms with Crippen molar-refractivity contribution in [2.45, 2.75) is 57.0 Å². The van der Waals surface area contributed by atoms with Gasteiger partial charge in [-0.2, -0.15) is 0 Å². The number of fused-ring (bicyclic) bond motifs is 1. The van der Waals surface area contributed by atoms with E-state index < -0.39 is 6.04 Å². The number of hydrogen-bond acceptors (Lipinski definition) is 4. The van der Waals surface area contributed by atoms with Crippen molar-refractivity contribution < 1.29 is 9.21 Å². The van der Waals surface area contributed by atoms with Crippen LogP contribution in [0.3, 0.4) is 0 Å². The molecule has 0 bridgehead atoms. The number of carbonyl (C=O) groups is 1. The van der Waals surface area contributed by atoms with Crippen LogP contribution in [0, 0.1) is 0 Å². The number of nitrogens with zero attached hydrogens (tertiary/aromatic N) is 1. The molecule has 2 heterocycles. The molecule has 0 saturated heterocycles. The van der Waals surface area contributed by atoms with E-state index in [9.17, 15) is 4.79 Å². The summed E-state index contributed by atoms with van der Waals surface area (Å²) >= 11 is 0. The van der Waals surface area contributed by atoms with E-state index in [1.54, 1.807) is 0 Å². The van der Waals surface area contributed by atoms with Gasteiger partial charge in [-0.3, -0.25) is 4.79 Å². The predicted molar refractivity (Wildman–Crippen MR) is 104 cm³/mol. The first kappa shape index (κ1) is 17.8. The van der Waals surface area contributed by atoms with Gasteiger partial charge in [0.2, 0.25) is 5.89 Å². The Hall–Kier alpha value is -2.60. The van der Waals surface area contributed by atoms with Gasteiger partial charge in [0.25, 0.3) is 5.91 Å². The topological polar surface area (TPSA) is 96.9 Å². The number of benzene rings is 1. The van der Waals surface area contributed by atoms with Crippen molar-refractivity contribution >= 4 is 16.8 Å². The average molecular weight is 366 g/mol. The summed E-state index contributed by atoms with van der Waals surface area (Å²) in [6.45, 7) is 0. The fraction of sp³-hybridized carbons (Fsp3) is 0.429. The van der Waals surface area contributed by atoms with Crippen LogP contribution < -0.4 is 11.1 Å². The highest BCUT2D eigenvalue weighted by molar-refractivity contribution is 5.92. The average Bonchev–Trinajstić information content (AvgIpc) is 3.25. The summed E-state index contributed by atoms with van der Waals surface area (Å²) in [4.78, 5) is 20.1. The van der Waals surface area contributed by atoms with Crippen molar-refractivity contribution in [3.8, 4) is 0 Å². The van der Waals surface area contributed by atoms with Gasteiger partial charge in [0.15, 0.2) is 5.69 Å². The van der Waals surface area contributed by atoms with Crippen molar-refractivity contribution in [2.24, 2.45) is 5.73 Å². The van der Waals surface area contributed by atoms with Crippen molar-refractivity contribution in [3.05, 3.63) is 53.9 Å². The molecule has 4 rings (SSSR count). The van der Waals surface area contributed by atoms with Gasteiger partial charge in [-0.1, -0.05) is 43.9 Å². The lowest BCUT2D eigenvalue weighted by Crippen LogP contribution is -2.34. The second-order valence-corrected chi connectivity index (χ2v) is 7.40. The van der Waals surface area contributed by atoms with Crippen LogP contribution in [0.1, 0.15) is 66.5 Å². The number of rotatable bonds is 5. The maximum absolute atomic E-state index is 12.5. The third kappa shape index (κ3) is 4.06. The van der Waals surface area contributed by atoms with Gasteiger partial charge in [0.1, 0.15) is 6.26 Å². The molecule has 27 heavy (non-hydrogen) atoms. The van der Waals surface area contributed by atoms with E-state index in [2.05, 4.69) is 21.4 Å². The van der Waals surface area contributed by atoms with Gasteiger partial charge in [-0.05, 0) is 30.9 Å². The standard InChI is InChI=1S/C21H26N4O2/c22-17(11-14-12-23-18-10-6-5-9-16(14)18)21-25-19(13-27-21)20(26)24-15-7-3-1-2-4-8-15/h5-6,9-10,12-13,15,17,23H,1-4,7-8,11,22H2,(H,24,26). The van der Waals surface area contributed by atoms with Crippen molar-refractivity contribution in [1.29, 1.82) is 0 Å². The fourth-order valence-corrected chi connectivity index (χ4v) is 3.87. The number of nitrogens with two attached hydrogens (primary N) is 1. The summed E-state index contributed by atoms with van der Waals surface area (Å²) in [6, 6.07) is 7.94. The minimum Gasteiger partial charge on any atom is -0.446 e. The number of aromatic amines is 1. The molecule has 1 unspecified atom stereocenters. The Labute approximate surface area is 158 Å². The maximum Gasteiger partial charge on any atom is 0.273 e. The Balaban J connectivity index is 1.41. The number of aromatic nitrogens is 2. The normalized spacial score (nSPS) is 16.9. The lowest BCUT2D eigenvalue weighted by Gasteiger charge is -2.14. The SMILES string of the molecule is NC(Cc1c[nH]c2ccccc12)c1nc(C(=O)NC2CCCCCC2)co1. The molecule has 1 saturated carbocycles. The molecule has 3 aromatic rings. The Bertz CT molecular complexity index is 906. The molecule has 1 aliphatic rings. The highest BCUT2D eigenvalue weighted by Crippen LogP contribution is 2.23. The summed E-state index contributed by atoms with van der Waals surface area (Å²) in [7, 11) is 0. The smallest absolute Gasteiger partial charge is 0.273 e. The molecule has 1 fully saturated rings. The molecule has 0 spiro atoms. The zero-order chi connectivity index (χ0) is 18.6. The summed E-state index contributed by atoms with van der Waals surface area (Å²) < 4.78 is 5.52. The van der Waals surface area contributed by atoms with E-state index in [4.69, 9.17) is 10.2 Å². The highest BCUT2D eigenvalue weighted by atomic mass is 16.3. The van der Waals surface area contributed by atoms with Crippen LogP contribution in [-0.2, 0) is 6.42 Å². The van der Waals surface area contributed by atoms with Crippen LogP contribution in [0.5, 0.6) is 0 Å². The summed E-state index contributed by atoms with van der Waals surface area (Å²) in [5.74, 6) is 0.225. The highest BCUT2D eigenvalue weighted by Gasteiger charge is 2.21. The van der Waals surface area contributed by atoms with E-state index >= 15 is 0 Å². The predicted octanol–water partition coefficient (Wildman–Crippen LogP) is 3.85. The minimum absolute atomic E-state index is 0.170. The molecule has 1 atom stereocenters. The number of hydrogen-bond donors (Lipinski definition) is 3. The van der Waals surface area contributed by atoms with Crippen molar-refractivity contribution in [3.63, 3.8) is 0 Å². The van der Waals surface area contributed by atoms with E-state index in [0.717, 1.165) is 29.3 Å². The zero-order valence-corrected chi connectivity index (χ0v) is 15.4. The van der Waals surface area contributed by atoms with E-state index in [1.165, 1.54) is 31.9 Å². The summed E-state index contributed by atoms with van der Waals surface area (Å²) in [6.07, 6.45) is 10.9. The first-order valence-corrected chi connectivity index (χ1v) is 9.77. The Morgan fingerprint density at radius 2 is 2.04 bits per heavy atom. The van der Waals surface area contributed by atoms with Crippen LogP contribution in [-0.4, -0.2) is 21.9 Å². The second kappa shape index (κ2) is 7.96. The van der Waals surface area contributed by atoms with Crippen LogP contribution in [0.4, 0.5) is 0 Å². The molecular formula is C21H26N4O2. The van der Waals surface area contributed by atoms with Gasteiger partial charge in [0.05, 0.1) is 6.04 Å². The summed E-state index contributed by atoms with van der Waals surface area (Å²) in [5.41, 5.74) is 8.79. The molecule has 6 nitrogen and oxygen atoms in total. The van der Waals surface area contributed by atoms with Crippen LogP contribution in [0.25, 0.3) is 10.9 Å². The fourth-order valence-electron chi connectivity index (χ4n) is 3.87. The zero-order valence-electron chi connectivity index (χ0n) is 15.4. The minimum atomic E-state index is -0.399. The number of nitrogens with one attached hydrogen (secondary N) is 2. The first-order valence-electron chi connectivity index (χ1n) is 9.77. The monoisotopic (exact) mass is 366 g/mol. The maximum atomic E-state index is 12.5. The number of H-pyrrole nitrogens is 1. The van der Waals surface area contributed by atoms with E-state index in [1.807, 2.05) is 24.4 Å². The van der Waals surface area contributed by atoms with Crippen molar-refractivity contribution in [1.82, 2.24) is 15.3 Å². The molecular weight excluding hydrogens is 340 g/mol. The van der Waals surface area contributed by atoms with E-state index in [0.29, 0.717) is 18.0 Å². The van der Waals surface area contributed by atoms with Crippen LogP contribution in [0.2, 0.25) is 0 Å². The molecule has 2 aromatic heterocycles. The second-order valence-electron chi connectivity index (χ2n) is 7.40. The summed E-state index contributed by atoms with van der Waals surface area (Å²) in [5, 5.41) is 4.23. The third-order valence-corrected chi connectivity index (χ3v) is 5.38. The van der Waals surface area contributed by atoms with Crippen LogP contribution >= 0.6 is 0 Å². The van der Waals surface area contributed by atoms with Gasteiger partial charge >= 0.3 is 0 Å². The van der Waals surface area contributed by atoms with Gasteiger partial charge in [-0.25, -0.2) is 4.98 Å². The van der Waals surface area contributed by atoms with E-state index in [-0.39, 0.29) is 11.9 Å². The number of amides is 1. The molecule has 6 heteroatoms. The third-order valence-electron chi connectivity index (χ3n) is 5.38. The lowest BCUT2D eigenvalue weighted by molar-refractivity contribution is 0.0928. The number of oxazole rings is 1. The lowest BCUT2D eigenvalue weighted by atomic mass is 10.1. The van der Waals surface area contributed by atoms with Gasteiger partial charge < -0.3 is 20.5 Å². The molecule has 0 aliphatic heterocycles. The molecule has 142 valence electrons. The molecule has 0 radical (unpaired) electrons. The van der Waals surface area contributed by atoms with Crippen molar-refractivity contribution in [2.75, 3.05) is 0 Å². The molecule has 1 aliphatic carbocycles. The first-order chi connectivity index (χ1) is 13.2. The van der Waals surface area contributed by atoms with Gasteiger partial charge in [-0.15, -0.1) is 0 Å². The number of para-hydroxylation sites is 1. The molecule has 1 aromatic carbocycles. The number of carbonyl (C=O) groups excluding carboxylic acids is 1. The van der Waals surface area contributed by atoms with Crippen LogP contribution in [0.15, 0.2) is 41.1 Å². The Kier molecular flexibility index (Phi) is 5.25. The Morgan fingerprint density at radius 1 is 1.26 bits per heavy atom. The Morgan fingerprint density at radius 3 is 2.85 bits per heavy atom. The quantitative estimate of drug-likeness (QED) is 0.598.